The molecule has 0 aliphatic rings. The summed E-state index contributed by atoms with van der Waals surface area (Å²) in [7, 11) is 1.93. The highest BCUT2D eigenvalue weighted by atomic mass is 32.2. The molecule has 0 fully saturated rings. The van der Waals surface area contributed by atoms with Crippen LogP contribution >= 0.6 is 0 Å². The number of hydrogen-bond acceptors (Lipinski definition) is 7. The van der Waals surface area contributed by atoms with Gasteiger partial charge in [-0.25, -0.2) is 18.1 Å². The molecule has 0 atom stereocenters. The van der Waals surface area contributed by atoms with Gasteiger partial charge in [0.05, 0.1) is 12.4 Å². The first-order chi connectivity index (χ1) is 12.9. The zero-order valence-corrected chi connectivity index (χ0v) is 16.3. The zero-order chi connectivity index (χ0) is 19.4. The molecule has 10 heteroatoms. The average Bonchev–Trinajstić information content (AvgIpc) is 3.01. The third-order valence-electron chi connectivity index (χ3n) is 3.98. The number of aryl methyl sites for hydroxylation is 1. The molecular weight excluding hydrogens is 368 g/mol. The first-order valence-electron chi connectivity index (χ1n) is 8.34. The van der Waals surface area contributed by atoms with Crippen LogP contribution in [0.5, 0.6) is 5.75 Å². The van der Waals surface area contributed by atoms with E-state index in [2.05, 4.69) is 19.8 Å². The molecule has 0 spiro atoms. The number of hydrogen-bond donors (Lipinski definition) is 1. The van der Waals surface area contributed by atoms with Gasteiger partial charge in [-0.3, -0.25) is 9.67 Å². The number of ether oxygens (including phenoxy) is 1. The normalized spacial score (nSPS) is 12.0. The summed E-state index contributed by atoms with van der Waals surface area (Å²) in [5.74, 6) is 0.558. The second-order valence-corrected chi connectivity index (χ2v) is 8.08. The Morgan fingerprint density at radius 2 is 2.07 bits per heavy atom. The summed E-state index contributed by atoms with van der Waals surface area (Å²) in [6.45, 7) is 1.32. The zero-order valence-electron chi connectivity index (χ0n) is 15.5. The van der Waals surface area contributed by atoms with E-state index in [0.717, 1.165) is 6.54 Å². The van der Waals surface area contributed by atoms with Crippen molar-refractivity contribution < 1.29 is 13.2 Å². The number of fused-ring (bicyclic) bond motifs is 1. The van der Waals surface area contributed by atoms with Crippen molar-refractivity contribution in [3.8, 4) is 5.75 Å². The van der Waals surface area contributed by atoms with Crippen LogP contribution in [0.15, 0.2) is 41.8 Å². The first kappa shape index (κ1) is 19.2. The molecule has 0 aliphatic carbocycles. The van der Waals surface area contributed by atoms with Crippen molar-refractivity contribution in [3.05, 3.63) is 42.5 Å². The van der Waals surface area contributed by atoms with E-state index in [1.54, 1.807) is 42.5 Å². The lowest BCUT2D eigenvalue weighted by Gasteiger charge is -2.14. The molecular formula is C17H22N6O3S. The van der Waals surface area contributed by atoms with E-state index < -0.39 is 10.0 Å². The largest absolute Gasteiger partial charge is 0.490 e. The van der Waals surface area contributed by atoms with Crippen LogP contribution in [0.2, 0.25) is 0 Å². The van der Waals surface area contributed by atoms with Crippen molar-refractivity contribution in [2.75, 3.05) is 27.2 Å². The molecule has 1 N–H and O–H groups in total. The number of rotatable bonds is 8. The standard InChI is InChI=1S/C17H22N6O3S/c1-22(2)6-7-26-16-12-18-5-4-13(16)10-21-27(24,25)15-8-14-9-20-23(3)17(14)19-11-15/h4-5,8-9,11-12,21H,6-7,10H2,1-3H3. The summed E-state index contributed by atoms with van der Waals surface area (Å²) >= 11 is 0. The Morgan fingerprint density at radius 3 is 2.85 bits per heavy atom. The Bertz CT molecular complexity index is 1030. The highest BCUT2D eigenvalue weighted by Crippen LogP contribution is 2.19. The van der Waals surface area contributed by atoms with Gasteiger partial charge in [0.2, 0.25) is 10.0 Å². The third-order valence-corrected chi connectivity index (χ3v) is 5.34. The van der Waals surface area contributed by atoms with Gasteiger partial charge < -0.3 is 9.64 Å². The van der Waals surface area contributed by atoms with Gasteiger partial charge in [0.15, 0.2) is 5.65 Å². The minimum absolute atomic E-state index is 0.0899. The van der Waals surface area contributed by atoms with Crippen molar-refractivity contribution in [3.63, 3.8) is 0 Å². The van der Waals surface area contributed by atoms with E-state index in [1.165, 1.54) is 6.20 Å². The van der Waals surface area contributed by atoms with Gasteiger partial charge >= 0.3 is 0 Å². The van der Waals surface area contributed by atoms with Crippen molar-refractivity contribution in [2.24, 2.45) is 7.05 Å². The first-order valence-corrected chi connectivity index (χ1v) is 9.83. The molecule has 0 bridgehead atoms. The van der Waals surface area contributed by atoms with Gasteiger partial charge in [0, 0.05) is 43.5 Å². The summed E-state index contributed by atoms with van der Waals surface area (Å²) in [4.78, 5) is 10.3. The Morgan fingerprint density at radius 1 is 1.26 bits per heavy atom. The van der Waals surface area contributed by atoms with E-state index in [0.29, 0.717) is 29.0 Å². The van der Waals surface area contributed by atoms with Gasteiger partial charge in [-0.05, 0) is 26.2 Å². The van der Waals surface area contributed by atoms with E-state index in [4.69, 9.17) is 4.74 Å². The van der Waals surface area contributed by atoms with Crippen LogP contribution in [0, 0.1) is 0 Å². The molecule has 0 amide bonds. The average molecular weight is 390 g/mol. The highest BCUT2D eigenvalue weighted by Gasteiger charge is 2.17. The maximum Gasteiger partial charge on any atom is 0.242 e. The smallest absolute Gasteiger partial charge is 0.242 e. The lowest BCUT2D eigenvalue weighted by Crippen LogP contribution is -2.24. The highest BCUT2D eigenvalue weighted by molar-refractivity contribution is 7.89. The van der Waals surface area contributed by atoms with Gasteiger partial charge in [0.25, 0.3) is 0 Å². The Hall–Kier alpha value is -2.56. The van der Waals surface area contributed by atoms with Crippen molar-refractivity contribution in [1.82, 2.24) is 29.4 Å². The fraction of sp³-hybridized carbons (Fsp3) is 0.353. The second kappa shape index (κ2) is 7.99. The van der Waals surface area contributed by atoms with E-state index in [9.17, 15) is 8.42 Å². The Balaban J connectivity index is 1.73. The van der Waals surface area contributed by atoms with Crippen LogP contribution in [0.4, 0.5) is 0 Å². The molecule has 0 unspecified atom stereocenters. The third kappa shape index (κ3) is 4.59. The fourth-order valence-electron chi connectivity index (χ4n) is 2.45. The Labute approximate surface area is 158 Å². The van der Waals surface area contributed by atoms with E-state index in [1.807, 2.05) is 19.0 Å². The van der Waals surface area contributed by atoms with Crippen LogP contribution in [0.1, 0.15) is 5.56 Å². The fourth-order valence-corrected chi connectivity index (χ4v) is 3.44. The minimum Gasteiger partial charge on any atom is -0.490 e. The van der Waals surface area contributed by atoms with Crippen molar-refractivity contribution >= 4 is 21.1 Å². The van der Waals surface area contributed by atoms with Crippen LogP contribution in [0.3, 0.4) is 0 Å². The molecule has 0 saturated heterocycles. The van der Waals surface area contributed by atoms with Crippen LogP contribution in [-0.4, -0.2) is 60.3 Å². The minimum atomic E-state index is -3.73. The number of sulfonamides is 1. The monoisotopic (exact) mass is 390 g/mol. The summed E-state index contributed by atoms with van der Waals surface area (Å²) in [5.41, 5.74) is 1.34. The molecule has 3 rings (SSSR count). The number of likely N-dealkylation sites (N-methyl/N-ethyl adjacent to an activating group) is 1. The molecule has 9 nitrogen and oxygen atoms in total. The number of aromatic nitrogens is 4. The van der Waals surface area contributed by atoms with E-state index in [-0.39, 0.29) is 11.4 Å². The molecule has 3 heterocycles. The predicted molar refractivity (Wildman–Crippen MR) is 101 cm³/mol. The van der Waals surface area contributed by atoms with Gasteiger partial charge in [-0.15, -0.1) is 0 Å². The summed E-state index contributed by atoms with van der Waals surface area (Å²) < 4.78 is 35.2. The predicted octanol–water partition coefficient (Wildman–Crippen LogP) is 0.782. The van der Waals surface area contributed by atoms with Crippen molar-refractivity contribution in [2.45, 2.75) is 11.4 Å². The SMILES string of the molecule is CN(C)CCOc1cnccc1CNS(=O)(=O)c1cnc2c(cnn2C)c1. The number of nitrogens with one attached hydrogen (secondary N) is 1. The van der Waals surface area contributed by atoms with E-state index >= 15 is 0 Å². The van der Waals surface area contributed by atoms with Gasteiger partial charge in [-0.2, -0.15) is 5.10 Å². The molecule has 3 aromatic rings. The maximum atomic E-state index is 12.6. The lowest BCUT2D eigenvalue weighted by molar-refractivity contribution is 0.258. The topological polar surface area (TPSA) is 102 Å². The maximum absolute atomic E-state index is 12.6. The van der Waals surface area contributed by atoms with Crippen LogP contribution < -0.4 is 9.46 Å². The summed E-state index contributed by atoms with van der Waals surface area (Å²) in [6.07, 6.45) is 6.10. The molecule has 0 aromatic carbocycles. The number of pyridine rings is 2. The number of nitrogens with zero attached hydrogens (tertiary/aromatic N) is 5. The van der Waals surface area contributed by atoms with Crippen LogP contribution in [0.25, 0.3) is 11.0 Å². The van der Waals surface area contributed by atoms with Gasteiger partial charge in [-0.1, -0.05) is 0 Å². The Kier molecular flexibility index (Phi) is 5.68. The molecule has 0 radical (unpaired) electrons. The molecule has 0 saturated carbocycles. The lowest BCUT2D eigenvalue weighted by atomic mass is 10.2. The van der Waals surface area contributed by atoms with Crippen molar-refractivity contribution in [1.29, 1.82) is 0 Å². The molecule has 3 aromatic heterocycles. The molecule has 144 valence electrons. The van der Waals surface area contributed by atoms with Crippen LogP contribution in [-0.2, 0) is 23.6 Å². The summed E-state index contributed by atoms with van der Waals surface area (Å²) in [5, 5.41) is 4.74. The van der Waals surface area contributed by atoms with Gasteiger partial charge in [0.1, 0.15) is 17.3 Å². The quantitative estimate of drug-likeness (QED) is 0.606. The molecule has 0 aliphatic heterocycles. The molecule has 27 heavy (non-hydrogen) atoms. The summed E-state index contributed by atoms with van der Waals surface area (Å²) in [6, 6.07) is 3.29. The second-order valence-electron chi connectivity index (χ2n) is 6.31.